The van der Waals surface area contributed by atoms with Crippen molar-refractivity contribution in [3.63, 3.8) is 0 Å². The number of thiazole rings is 1. The zero-order valence-corrected chi connectivity index (χ0v) is 18.7. The molecule has 0 radical (unpaired) electrons. The van der Waals surface area contributed by atoms with E-state index in [1.807, 2.05) is 53.9 Å². The van der Waals surface area contributed by atoms with Gasteiger partial charge < -0.3 is 9.84 Å². The Morgan fingerprint density at radius 2 is 1.61 bits per heavy atom. The molecule has 0 fully saturated rings. The molecule has 0 saturated heterocycles. The first-order valence-corrected chi connectivity index (χ1v) is 11.6. The number of thiophene rings is 1. The average Bonchev–Trinajstić information content (AvgIpc) is 3.61. The number of hydrogen-bond acceptors (Lipinski definition) is 7. The van der Waals surface area contributed by atoms with Crippen LogP contribution in [0.15, 0.2) is 88.8 Å². The number of anilines is 2. The van der Waals surface area contributed by atoms with Crippen molar-refractivity contribution < 1.29 is 14.1 Å². The Kier molecular flexibility index (Phi) is 5.79. The monoisotopic (exact) mass is 472 g/mol. The number of benzene rings is 2. The quantitative estimate of drug-likeness (QED) is 0.314. The van der Waals surface area contributed by atoms with Crippen molar-refractivity contribution >= 4 is 44.6 Å². The number of nitrogens with one attached hydrogen (secondary N) is 2. The molecule has 0 spiro atoms. The number of nitrogens with zero attached hydrogens (tertiary/aromatic N) is 2. The topological polar surface area (TPSA) is 97.1 Å². The Labute approximate surface area is 196 Å². The molecule has 0 aliphatic carbocycles. The van der Waals surface area contributed by atoms with Gasteiger partial charge in [-0.05, 0) is 23.6 Å². The lowest BCUT2D eigenvalue weighted by Gasteiger charge is -2.05. The van der Waals surface area contributed by atoms with E-state index < -0.39 is 5.91 Å². The molecule has 5 aromatic rings. The van der Waals surface area contributed by atoms with Crippen LogP contribution < -0.4 is 10.6 Å². The molecule has 162 valence electrons. The van der Waals surface area contributed by atoms with Crippen molar-refractivity contribution in [3.8, 4) is 21.9 Å². The summed E-state index contributed by atoms with van der Waals surface area (Å²) in [4.78, 5) is 30.9. The third-order valence-electron chi connectivity index (χ3n) is 4.66. The van der Waals surface area contributed by atoms with Crippen LogP contribution in [0.5, 0.6) is 0 Å². The molecule has 2 amide bonds. The number of carbonyl (C=O) groups excluding carboxylic acids is 2. The van der Waals surface area contributed by atoms with Gasteiger partial charge in [0.2, 0.25) is 0 Å². The molecule has 0 bridgehead atoms. The van der Waals surface area contributed by atoms with E-state index in [0.717, 1.165) is 10.4 Å². The minimum atomic E-state index is -0.448. The number of carbonyl (C=O) groups is 2. The summed E-state index contributed by atoms with van der Waals surface area (Å²) in [7, 11) is 0. The maximum absolute atomic E-state index is 12.7. The minimum Gasteiger partial charge on any atom is -0.355 e. The van der Waals surface area contributed by atoms with Gasteiger partial charge in [-0.3, -0.25) is 14.9 Å². The molecule has 7 nitrogen and oxygen atoms in total. The van der Waals surface area contributed by atoms with Crippen LogP contribution in [-0.2, 0) is 0 Å². The molecule has 2 aromatic carbocycles. The highest BCUT2D eigenvalue weighted by molar-refractivity contribution is 7.20. The van der Waals surface area contributed by atoms with Crippen LogP contribution in [0.4, 0.5) is 10.1 Å². The van der Waals surface area contributed by atoms with Crippen LogP contribution >= 0.6 is 22.7 Å². The molecule has 0 aliphatic rings. The maximum Gasteiger partial charge on any atom is 0.279 e. The number of aromatic nitrogens is 2. The predicted molar refractivity (Wildman–Crippen MR) is 130 cm³/mol. The SMILES string of the molecule is O=C(Nc1sc(NC(=O)c2cc(-c3cccs3)on2)nc1-c1ccccc1)c1ccccc1. The van der Waals surface area contributed by atoms with E-state index in [1.165, 1.54) is 22.7 Å². The van der Waals surface area contributed by atoms with Gasteiger partial charge in [0.15, 0.2) is 16.6 Å². The van der Waals surface area contributed by atoms with E-state index in [2.05, 4.69) is 20.8 Å². The lowest BCUT2D eigenvalue weighted by atomic mass is 10.1. The molecule has 2 N–H and O–H groups in total. The van der Waals surface area contributed by atoms with Gasteiger partial charge in [-0.1, -0.05) is 71.1 Å². The van der Waals surface area contributed by atoms with Crippen molar-refractivity contribution in [2.24, 2.45) is 0 Å². The van der Waals surface area contributed by atoms with Crippen molar-refractivity contribution in [2.45, 2.75) is 0 Å². The zero-order chi connectivity index (χ0) is 22.6. The van der Waals surface area contributed by atoms with Gasteiger partial charge in [0.25, 0.3) is 11.8 Å². The summed E-state index contributed by atoms with van der Waals surface area (Å²) in [6, 6.07) is 23.7. The fourth-order valence-corrected chi connectivity index (χ4v) is 4.64. The minimum absolute atomic E-state index is 0.143. The lowest BCUT2D eigenvalue weighted by Crippen LogP contribution is -2.11. The van der Waals surface area contributed by atoms with Gasteiger partial charge in [0.1, 0.15) is 10.7 Å². The second-order valence-electron chi connectivity index (χ2n) is 6.89. The second kappa shape index (κ2) is 9.19. The fraction of sp³-hybridized carbons (Fsp3) is 0. The van der Waals surface area contributed by atoms with E-state index in [1.54, 1.807) is 30.3 Å². The molecule has 33 heavy (non-hydrogen) atoms. The number of rotatable bonds is 6. The van der Waals surface area contributed by atoms with Crippen molar-refractivity contribution in [1.82, 2.24) is 10.1 Å². The molecule has 5 rings (SSSR count). The van der Waals surface area contributed by atoms with Gasteiger partial charge >= 0.3 is 0 Å². The van der Waals surface area contributed by atoms with Crippen LogP contribution in [-0.4, -0.2) is 22.0 Å². The number of amides is 2. The van der Waals surface area contributed by atoms with Gasteiger partial charge in [-0.2, -0.15) is 0 Å². The summed E-state index contributed by atoms with van der Waals surface area (Å²) >= 11 is 2.67. The maximum atomic E-state index is 12.7. The van der Waals surface area contributed by atoms with Gasteiger partial charge in [0.05, 0.1) is 4.88 Å². The summed E-state index contributed by atoms with van der Waals surface area (Å²) in [5.74, 6) is -0.183. The smallest absolute Gasteiger partial charge is 0.279 e. The third kappa shape index (κ3) is 4.59. The summed E-state index contributed by atoms with van der Waals surface area (Å²) in [5.41, 5.74) is 2.06. The van der Waals surface area contributed by atoms with Crippen LogP contribution in [0.1, 0.15) is 20.8 Å². The summed E-state index contributed by atoms with van der Waals surface area (Å²) in [6.45, 7) is 0. The van der Waals surface area contributed by atoms with E-state index >= 15 is 0 Å². The van der Waals surface area contributed by atoms with Crippen LogP contribution in [0, 0.1) is 0 Å². The van der Waals surface area contributed by atoms with Gasteiger partial charge in [-0.25, -0.2) is 4.98 Å². The van der Waals surface area contributed by atoms with E-state index in [9.17, 15) is 9.59 Å². The van der Waals surface area contributed by atoms with E-state index in [4.69, 9.17) is 4.52 Å². The highest BCUT2D eigenvalue weighted by atomic mass is 32.1. The van der Waals surface area contributed by atoms with Crippen LogP contribution in [0.2, 0.25) is 0 Å². The first-order chi connectivity index (χ1) is 16.2. The van der Waals surface area contributed by atoms with E-state index in [0.29, 0.717) is 27.2 Å². The predicted octanol–water partition coefficient (Wildman–Crippen LogP) is 6.03. The zero-order valence-electron chi connectivity index (χ0n) is 17.0. The fourth-order valence-electron chi connectivity index (χ4n) is 3.09. The molecule has 3 aromatic heterocycles. The molecule has 0 atom stereocenters. The largest absolute Gasteiger partial charge is 0.355 e. The Bertz CT molecular complexity index is 1390. The molecule has 0 saturated carbocycles. The molecule has 0 unspecified atom stereocenters. The lowest BCUT2D eigenvalue weighted by molar-refractivity contribution is 0.101. The van der Waals surface area contributed by atoms with Crippen molar-refractivity contribution in [2.75, 3.05) is 10.6 Å². The van der Waals surface area contributed by atoms with Crippen molar-refractivity contribution in [3.05, 3.63) is 95.5 Å². The summed E-state index contributed by atoms with van der Waals surface area (Å²) in [5, 5.41) is 12.3. The van der Waals surface area contributed by atoms with Crippen molar-refractivity contribution in [1.29, 1.82) is 0 Å². The molecule has 3 heterocycles. The molecule has 9 heteroatoms. The highest BCUT2D eigenvalue weighted by Gasteiger charge is 2.20. The third-order valence-corrected chi connectivity index (χ3v) is 6.44. The normalized spacial score (nSPS) is 10.7. The first-order valence-electron chi connectivity index (χ1n) is 9.92. The van der Waals surface area contributed by atoms with Crippen LogP contribution in [0.3, 0.4) is 0 Å². The second-order valence-corrected chi connectivity index (χ2v) is 8.84. The summed E-state index contributed by atoms with van der Waals surface area (Å²) < 4.78 is 5.29. The Hall–Kier alpha value is -4.08. The van der Waals surface area contributed by atoms with Gasteiger partial charge in [-0.15, -0.1) is 11.3 Å². The Morgan fingerprint density at radius 3 is 2.33 bits per heavy atom. The molecular formula is C24H16N4O3S2. The van der Waals surface area contributed by atoms with Crippen LogP contribution in [0.25, 0.3) is 21.9 Å². The Balaban J connectivity index is 1.41. The molecular weight excluding hydrogens is 456 g/mol. The number of hydrogen-bond donors (Lipinski definition) is 2. The molecule has 0 aliphatic heterocycles. The van der Waals surface area contributed by atoms with E-state index in [-0.39, 0.29) is 11.6 Å². The van der Waals surface area contributed by atoms with Gasteiger partial charge in [0, 0.05) is 17.2 Å². The highest BCUT2D eigenvalue weighted by Crippen LogP contribution is 2.36. The standard InChI is InChI=1S/C24H16N4O3S2/c29-21(16-10-5-2-6-11-16)26-23-20(15-8-3-1-4-9-15)25-24(33-23)27-22(30)17-14-18(31-28-17)19-12-7-13-32-19/h1-14H,(H,26,29)(H,25,27,30). The average molecular weight is 473 g/mol. The Morgan fingerprint density at radius 1 is 0.848 bits per heavy atom. The summed E-state index contributed by atoms with van der Waals surface area (Å²) in [6.07, 6.45) is 0. The first kappa shape index (κ1) is 20.8.